The van der Waals surface area contributed by atoms with Crippen LogP contribution in [0.5, 0.6) is 0 Å². The number of anilines is 1. The first kappa shape index (κ1) is 13.6. The van der Waals surface area contributed by atoms with Crippen LogP contribution in [0.15, 0.2) is 30.3 Å². The summed E-state index contributed by atoms with van der Waals surface area (Å²) in [4.78, 5) is 12.0. The highest BCUT2D eigenvalue weighted by molar-refractivity contribution is 5.91. The van der Waals surface area contributed by atoms with Crippen molar-refractivity contribution in [2.45, 2.75) is 12.3 Å². The lowest BCUT2D eigenvalue weighted by atomic mass is 9.98. The number of benzene rings is 1. The zero-order chi connectivity index (χ0) is 14.8. The quantitative estimate of drug-likeness (QED) is 0.870. The van der Waals surface area contributed by atoms with E-state index in [4.69, 9.17) is 15.2 Å². The predicted octanol–water partition coefficient (Wildman–Crippen LogP) is 1.74. The van der Waals surface area contributed by atoms with Gasteiger partial charge in [0, 0.05) is 18.1 Å². The molecule has 1 unspecified atom stereocenters. The fourth-order valence-electron chi connectivity index (χ4n) is 2.62. The number of aromatic nitrogens is 2. The van der Waals surface area contributed by atoms with Gasteiger partial charge >= 0.3 is 5.97 Å². The molecule has 0 spiro atoms. The molecule has 1 atom stereocenters. The summed E-state index contributed by atoms with van der Waals surface area (Å²) in [6.45, 7) is 1.22. The van der Waals surface area contributed by atoms with Gasteiger partial charge in [-0.05, 0) is 18.6 Å². The van der Waals surface area contributed by atoms with Crippen LogP contribution in [-0.4, -0.2) is 36.1 Å². The number of carbonyl (C=O) groups is 1. The topological polar surface area (TPSA) is 79.4 Å². The third kappa shape index (κ3) is 2.38. The summed E-state index contributed by atoms with van der Waals surface area (Å²) in [5.41, 5.74) is 8.05. The number of esters is 1. The number of ether oxygens (including phenoxy) is 2. The Morgan fingerprint density at radius 2 is 2.19 bits per heavy atom. The van der Waals surface area contributed by atoms with Crippen molar-refractivity contribution >= 4 is 11.8 Å². The highest BCUT2D eigenvalue weighted by Crippen LogP contribution is 2.34. The van der Waals surface area contributed by atoms with Crippen LogP contribution in [0.3, 0.4) is 0 Å². The second-order valence-corrected chi connectivity index (χ2v) is 4.95. The minimum Gasteiger partial charge on any atom is -0.464 e. The van der Waals surface area contributed by atoms with Crippen molar-refractivity contribution in [3.63, 3.8) is 0 Å². The Bertz CT molecular complexity index is 646. The summed E-state index contributed by atoms with van der Waals surface area (Å²) in [6.07, 6.45) is 0.828. The molecule has 0 aliphatic carbocycles. The van der Waals surface area contributed by atoms with Crippen LogP contribution < -0.4 is 5.73 Å². The minimum atomic E-state index is -0.474. The van der Waals surface area contributed by atoms with E-state index in [1.54, 1.807) is 4.68 Å². The van der Waals surface area contributed by atoms with Gasteiger partial charge in [0.2, 0.25) is 0 Å². The Balaban J connectivity index is 2.13. The van der Waals surface area contributed by atoms with Crippen LogP contribution in [0.2, 0.25) is 0 Å². The highest BCUT2D eigenvalue weighted by atomic mass is 16.5. The molecule has 1 aliphatic heterocycles. The number of hydrogen-bond donors (Lipinski definition) is 1. The molecule has 2 heterocycles. The standard InChI is InChI=1S/C15H17N3O3/c1-20-15(19)13-12(10-7-8-21-9-10)14(16)18(17-13)11-5-3-2-4-6-11/h2-6,10H,7-9,16H2,1H3. The van der Waals surface area contributed by atoms with Crippen LogP contribution in [0.4, 0.5) is 5.82 Å². The van der Waals surface area contributed by atoms with E-state index in [9.17, 15) is 4.79 Å². The van der Waals surface area contributed by atoms with Gasteiger partial charge in [0.25, 0.3) is 0 Å². The number of methoxy groups -OCH3 is 1. The molecular formula is C15H17N3O3. The molecule has 0 bridgehead atoms. The van der Waals surface area contributed by atoms with E-state index in [1.165, 1.54) is 7.11 Å². The molecule has 1 aliphatic rings. The van der Waals surface area contributed by atoms with Gasteiger partial charge in [-0.15, -0.1) is 0 Å². The van der Waals surface area contributed by atoms with E-state index in [0.717, 1.165) is 17.7 Å². The monoisotopic (exact) mass is 287 g/mol. The SMILES string of the molecule is COC(=O)c1nn(-c2ccccc2)c(N)c1C1CCOC1. The van der Waals surface area contributed by atoms with Gasteiger partial charge in [-0.1, -0.05) is 18.2 Å². The van der Waals surface area contributed by atoms with Crippen LogP contribution in [0.1, 0.15) is 28.4 Å². The zero-order valence-electron chi connectivity index (χ0n) is 11.8. The molecule has 1 aromatic heterocycles. The molecule has 1 aromatic carbocycles. The summed E-state index contributed by atoms with van der Waals surface area (Å²) in [5.74, 6) is 0.0759. The zero-order valence-corrected chi connectivity index (χ0v) is 11.8. The highest BCUT2D eigenvalue weighted by Gasteiger charge is 2.31. The van der Waals surface area contributed by atoms with Crippen molar-refractivity contribution in [3.05, 3.63) is 41.6 Å². The molecule has 0 amide bonds. The fraction of sp³-hybridized carbons (Fsp3) is 0.333. The van der Waals surface area contributed by atoms with Gasteiger partial charge < -0.3 is 15.2 Å². The van der Waals surface area contributed by atoms with E-state index < -0.39 is 5.97 Å². The lowest BCUT2D eigenvalue weighted by Crippen LogP contribution is -2.09. The summed E-state index contributed by atoms with van der Waals surface area (Å²) in [5, 5.41) is 4.36. The summed E-state index contributed by atoms with van der Waals surface area (Å²) >= 11 is 0. The van der Waals surface area contributed by atoms with Gasteiger partial charge in [-0.3, -0.25) is 0 Å². The van der Waals surface area contributed by atoms with Gasteiger partial charge in [0.15, 0.2) is 5.69 Å². The molecular weight excluding hydrogens is 270 g/mol. The maximum absolute atomic E-state index is 12.0. The minimum absolute atomic E-state index is 0.0802. The van der Waals surface area contributed by atoms with Crippen LogP contribution in [0.25, 0.3) is 5.69 Å². The Kier molecular flexibility index (Phi) is 3.62. The van der Waals surface area contributed by atoms with Crippen LogP contribution in [0, 0.1) is 0 Å². The Morgan fingerprint density at radius 1 is 1.43 bits per heavy atom. The van der Waals surface area contributed by atoms with E-state index in [-0.39, 0.29) is 11.6 Å². The maximum atomic E-state index is 12.0. The van der Waals surface area contributed by atoms with Gasteiger partial charge in [0.1, 0.15) is 5.82 Å². The van der Waals surface area contributed by atoms with Crippen molar-refractivity contribution in [1.82, 2.24) is 9.78 Å². The van der Waals surface area contributed by atoms with Crippen LogP contribution >= 0.6 is 0 Å². The molecule has 1 fully saturated rings. The van der Waals surface area contributed by atoms with Gasteiger partial charge in [0.05, 0.1) is 19.4 Å². The average molecular weight is 287 g/mol. The summed E-state index contributed by atoms with van der Waals surface area (Å²) in [6, 6.07) is 9.48. The molecule has 21 heavy (non-hydrogen) atoms. The van der Waals surface area contributed by atoms with E-state index >= 15 is 0 Å². The summed E-state index contributed by atoms with van der Waals surface area (Å²) in [7, 11) is 1.34. The average Bonchev–Trinajstić information content (AvgIpc) is 3.14. The molecule has 1 saturated heterocycles. The van der Waals surface area contributed by atoms with Crippen molar-refractivity contribution in [1.29, 1.82) is 0 Å². The van der Waals surface area contributed by atoms with Crippen LogP contribution in [-0.2, 0) is 9.47 Å². The lowest BCUT2D eigenvalue weighted by molar-refractivity contribution is 0.0591. The number of nitrogens with zero attached hydrogens (tertiary/aromatic N) is 2. The largest absolute Gasteiger partial charge is 0.464 e. The molecule has 0 saturated carbocycles. The number of carbonyl (C=O) groups excluding carboxylic acids is 1. The van der Waals surface area contributed by atoms with Crippen molar-refractivity contribution in [3.8, 4) is 5.69 Å². The number of hydrogen-bond acceptors (Lipinski definition) is 5. The second kappa shape index (κ2) is 5.57. The third-order valence-electron chi connectivity index (χ3n) is 3.68. The van der Waals surface area contributed by atoms with Crippen molar-refractivity contribution in [2.24, 2.45) is 0 Å². The van der Waals surface area contributed by atoms with Gasteiger partial charge in [-0.2, -0.15) is 5.10 Å². The molecule has 110 valence electrons. The van der Waals surface area contributed by atoms with Crippen molar-refractivity contribution in [2.75, 3.05) is 26.1 Å². The summed E-state index contributed by atoms with van der Waals surface area (Å²) < 4.78 is 11.8. The first-order chi connectivity index (χ1) is 10.2. The molecule has 2 aromatic rings. The lowest BCUT2D eigenvalue weighted by Gasteiger charge is -2.09. The molecule has 0 radical (unpaired) electrons. The normalized spacial score (nSPS) is 17.9. The maximum Gasteiger partial charge on any atom is 0.358 e. The first-order valence-corrected chi connectivity index (χ1v) is 6.82. The number of para-hydroxylation sites is 1. The smallest absolute Gasteiger partial charge is 0.358 e. The molecule has 6 heteroatoms. The number of nitrogens with two attached hydrogens (primary N) is 1. The Labute approximate surface area is 122 Å². The molecule has 6 nitrogen and oxygen atoms in total. The molecule has 3 rings (SSSR count). The van der Waals surface area contributed by atoms with Crippen molar-refractivity contribution < 1.29 is 14.3 Å². The van der Waals surface area contributed by atoms with Gasteiger partial charge in [-0.25, -0.2) is 9.48 Å². The number of nitrogen functional groups attached to an aromatic ring is 1. The first-order valence-electron chi connectivity index (χ1n) is 6.82. The molecule has 2 N–H and O–H groups in total. The third-order valence-corrected chi connectivity index (χ3v) is 3.68. The predicted molar refractivity (Wildman–Crippen MR) is 77.5 cm³/mol. The second-order valence-electron chi connectivity index (χ2n) is 4.95. The Hall–Kier alpha value is -2.34. The Morgan fingerprint density at radius 3 is 2.81 bits per heavy atom. The fourth-order valence-corrected chi connectivity index (χ4v) is 2.62. The van der Waals surface area contributed by atoms with E-state index in [2.05, 4.69) is 5.10 Å². The van der Waals surface area contributed by atoms with E-state index in [0.29, 0.717) is 19.0 Å². The number of rotatable bonds is 3. The van der Waals surface area contributed by atoms with E-state index in [1.807, 2.05) is 30.3 Å².